The summed E-state index contributed by atoms with van der Waals surface area (Å²) in [7, 11) is 0. The van der Waals surface area contributed by atoms with Gasteiger partial charge in [-0.15, -0.1) is 0 Å². The molecule has 0 aromatic rings. The lowest BCUT2D eigenvalue weighted by Crippen LogP contribution is -2.53. The Kier molecular flexibility index (Phi) is 2.48. The number of carbonyl (C=O) groups excluding carboxylic acids is 1. The lowest BCUT2D eigenvalue weighted by molar-refractivity contribution is -0.140. The molecule has 2 rings (SSSR count). The summed E-state index contributed by atoms with van der Waals surface area (Å²) >= 11 is 0. The number of hydrogen-bond donors (Lipinski definition) is 2. The molecule has 0 radical (unpaired) electrons. The van der Waals surface area contributed by atoms with Gasteiger partial charge in [-0.2, -0.15) is 0 Å². The molecule has 5 nitrogen and oxygen atoms in total. The molecule has 2 atom stereocenters. The topological polar surface area (TPSA) is 67.6 Å². The Labute approximate surface area is 77.2 Å². The van der Waals surface area contributed by atoms with Gasteiger partial charge < -0.3 is 4.74 Å². The average molecular weight is 185 g/mol. The van der Waals surface area contributed by atoms with Crippen LogP contribution in [0.5, 0.6) is 0 Å². The van der Waals surface area contributed by atoms with E-state index in [0.717, 1.165) is 6.54 Å². The van der Waals surface area contributed by atoms with Gasteiger partial charge in [0.05, 0.1) is 6.61 Å². The van der Waals surface area contributed by atoms with Gasteiger partial charge in [0.1, 0.15) is 6.10 Å². The van der Waals surface area contributed by atoms with Gasteiger partial charge in [-0.1, -0.05) is 0 Å². The van der Waals surface area contributed by atoms with E-state index in [1.165, 1.54) is 12.8 Å². The molecule has 2 heterocycles. The molecule has 5 heteroatoms. The fourth-order valence-electron chi connectivity index (χ4n) is 2.07. The van der Waals surface area contributed by atoms with Crippen molar-refractivity contribution in [3.8, 4) is 0 Å². The van der Waals surface area contributed by atoms with Crippen LogP contribution in [0.3, 0.4) is 0 Å². The van der Waals surface area contributed by atoms with Crippen molar-refractivity contribution < 1.29 is 9.53 Å². The van der Waals surface area contributed by atoms with Crippen molar-refractivity contribution >= 4 is 5.91 Å². The summed E-state index contributed by atoms with van der Waals surface area (Å²) in [6.45, 7) is 2.44. The summed E-state index contributed by atoms with van der Waals surface area (Å²) < 4.78 is 5.41. The van der Waals surface area contributed by atoms with E-state index in [2.05, 4.69) is 10.3 Å². The van der Waals surface area contributed by atoms with Crippen LogP contribution >= 0.6 is 0 Å². The van der Waals surface area contributed by atoms with Gasteiger partial charge in [0.2, 0.25) is 0 Å². The number of nitrogens with two attached hydrogens (primary N) is 1. The molecule has 0 aromatic carbocycles. The maximum Gasteiger partial charge on any atom is 0.264 e. The molecule has 0 aliphatic carbocycles. The van der Waals surface area contributed by atoms with Crippen molar-refractivity contribution in [1.29, 1.82) is 0 Å². The molecule has 13 heavy (non-hydrogen) atoms. The fraction of sp³-hybridized carbons (Fsp3) is 0.875. The molecular formula is C8H15N3O2. The van der Waals surface area contributed by atoms with E-state index in [0.29, 0.717) is 19.2 Å². The zero-order valence-electron chi connectivity index (χ0n) is 7.53. The molecule has 0 spiro atoms. The minimum absolute atomic E-state index is 0.217. The first kappa shape index (κ1) is 8.93. The summed E-state index contributed by atoms with van der Waals surface area (Å²) in [5, 5.41) is 0. The van der Waals surface area contributed by atoms with Crippen LogP contribution in [-0.2, 0) is 9.53 Å². The van der Waals surface area contributed by atoms with Gasteiger partial charge in [-0.25, -0.2) is 5.84 Å². The SMILES string of the molecule is NNC(=O)[C@H]1CN2CCC[C@H]2CO1. The quantitative estimate of drug-likeness (QED) is 0.307. The number of hydrazine groups is 1. The standard InChI is InChI=1S/C8H15N3O2/c9-10-8(12)7-4-11-3-1-2-6(11)5-13-7/h6-7H,1-5,9H2,(H,10,12)/t6-,7+/m0/s1. The van der Waals surface area contributed by atoms with Crippen molar-refractivity contribution in [1.82, 2.24) is 10.3 Å². The third-order valence-corrected chi connectivity index (χ3v) is 2.82. The van der Waals surface area contributed by atoms with Crippen molar-refractivity contribution in [2.24, 2.45) is 5.84 Å². The van der Waals surface area contributed by atoms with Crippen LogP contribution in [-0.4, -0.2) is 42.6 Å². The van der Waals surface area contributed by atoms with E-state index in [4.69, 9.17) is 10.6 Å². The van der Waals surface area contributed by atoms with Crippen LogP contribution in [0.15, 0.2) is 0 Å². The van der Waals surface area contributed by atoms with Gasteiger partial charge in [0, 0.05) is 12.6 Å². The molecule has 2 aliphatic heterocycles. The highest BCUT2D eigenvalue weighted by Gasteiger charge is 2.34. The average Bonchev–Trinajstić information content (AvgIpc) is 2.63. The lowest BCUT2D eigenvalue weighted by Gasteiger charge is -2.33. The monoisotopic (exact) mass is 185 g/mol. The van der Waals surface area contributed by atoms with Crippen molar-refractivity contribution in [3.63, 3.8) is 0 Å². The summed E-state index contributed by atoms with van der Waals surface area (Å²) in [4.78, 5) is 13.5. The zero-order chi connectivity index (χ0) is 9.26. The minimum atomic E-state index is -0.376. The largest absolute Gasteiger partial charge is 0.365 e. The van der Waals surface area contributed by atoms with Gasteiger partial charge in [-0.05, 0) is 19.4 Å². The van der Waals surface area contributed by atoms with Crippen LogP contribution in [0.1, 0.15) is 12.8 Å². The van der Waals surface area contributed by atoms with Gasteiger partial charge >= 0.3 is 0 Å². The van der Waals surface area contributed by atoms with E-state index < -0.39 is 0 Å². The summed E-state index contributed by atoms with van der Waals surface area (Å²) in [6, 6.07) is 0.529. The fourth-order valence-corrected chi connectivity index (χ4v) is 2.07. The number of rotatable bonds is 1. The first-order valence-corrected chi connectivity index (χ1v) is 4.67. The maximum atomic E-state index is 11.2. The molecule has 2 aliphatic rings. The van der Waals surface area contributed by atoms with Crippen LogP contribution in [0.2, 0.25) is 0 Å². The predicted octanol–water partition coefficient (Wildman–Crippen LogP) is -1.16. The molecule has 0 unspecified atom stereocenters. The number of hydrogen-bond acceptors (Lipinski definition) is 4. The summed E-state index contributed by atoms with van der Waals surface area (Å²) in [6.07, 6.45) is 2.03. The second kappa shape index (κ2) is 3.61. The van der Waals surface area contributed by atoms with Crippen molar-refractivity contribution in [2.45, 2.75) is 25.0 Å². The number of ether oxygens (including phenoxy) is 1. The van der Waals surface area contributed by atoms with Crippen molar-refractivity contribution in [2.75, 3.05) is 19.7 Å². The summed E-state index contributed by atoms with van der Waals surface area (Å²) in [5.74, 6) is 4.82. The van der Waals surface area contributed by atoms with Gasteiger partial charge in [0.25, 0.3) is 5.91 Å². The Morgan fingerprint density at radius 1 is 1.62 bits per heavy atom. The Morgan fingerprint density at radius 3 is 3.23 bits per heavy atom. The van der Waals surface area contributed by atoms with Gasteiger partial charge in [0.15, 0.2) is 0 Å². The van der Waals surface area contributed by atoms with Crippen LogP contribution in [0.4, 0.5) is 0 Å². The predicted molar refractivity (Wildman–Crippen MR) is 46.7 cm³/mol. The Morgan fingerprint density at radius 2 is 2.46 bits per heavy atom. The van der Waals surface area contributed by atoms with Crippen LogP contribution < -0.4 is 11.3 Å². The minimum Gasteiger partial charge on any atom is -0.365 e. The molecule has 1 amide bonds. The number of carbonyl (C=O) groups is 1. The lowest BCUT2D eigenvalue weighted by atomic mass is 10.2. The van der Waals surface area contributed by atoms with E-state index in [9.17, 15) is 4.79 Å². The number of fused-ring (bicyclic) bond motifs is 1. The highest BCUT2D eigenvalue weighted by atomic mass is 16.5. The summed E-state index contributed by atoms with van der Waals surface area (Å²) in [5.41, 5.74) is 2.12. The second-order valence-electron chi connectivity index (χ2n) is 3.62. The van der Waals surface area contributed by atoms with Crippen LogP contribution in [0, 0.1) is 0 Å². The normalized spacial score (nSPS) is 34.2. The number of amides is 1. The van der Waals surface area contributed by atoms with E-state index in [1.54, 1.807) is 0 Å². The first-order valence-electron chi connectivity index (χ1n) is 4.67. The van der Waals surface area contributed by atoms with Gasteiger partial charge in [-0.3, -0.25) is 15.1 Å². The Balaban J connectivity index is 1.93. The zero-order valence-corrected chi connectivity index (χ0v) is 7.53. The molecule has 74 valence electrons. The molecule has 0 saturated carbocycles. The van der Waals surface area contributed by atoms with E-state index in [1.807, 2.05) is 0 Å². The molecular weight excluding hydrogens is 170 g/mol. The Hall–Kier alpha value is -0.650. The third-order valence-electron chi connectivity index (χ3n) is 2.82. The molecule has 0 bridgehead atoms. The Bertz CT molecular complexity index is 210. The van der Waals surface area contributed by atoms with Crippen molar-refractivity contribution in [3.05, 3.63) is 0 Å². The number of nitrogens with one attached hydrogen (secondary N) is 1. The highest BCUT2D eigenvalue weighted by molar-refractivity contribution is 5.80. The molecule has 3 N–H and O–H groups in total. The number of nitrogens with zero attached hydrogens (tertiary/aromatic N) is 1. The maximum absolute atomic E-state index is 11.2. The highest BCUT2D eigenvalue weighted by Crippen LogP contribution is 2.22. The number of morpholine rings is 1. The first-order chi connectivity index (χ1) is 6.31. The van der Waals surface area contributed by atoms with E-state index >= 15 is 0 Å². The third kappa shape index (κ3) is 1.67. The molecule has 0 aromatic heterocycles. The second-order valence-corrected chi connectivity index (χ2v) is 3.62. The van der Waals surface area contributed by atoms with Crippen LogP contribution in [0.25, 0.3) is 0 Å². The molecule has 2 fully saturated rings. The van der Waals surface area contributed by atoms with E-state index in [-0.39, 0.29) is 12.0 Å². The smallest absolute Gasteiger partial charge is 0.264 e. The molecule has 2 saturated heterocycles.